The summed E-state index contributed by atoms with van der Waals surface area (Å²) in [6.45, 7) is 9.02. The second-order valence-electron chi connectivity index (χ2n) is 18.3. The van der Waals surface area contributed by atoms with Gasteiger partial charge in [-0.2, -0.15) is 0 Å². The minimum Gasteiger partial charge on any atom is -0.462 e. The van der Waals surface area contributed by atoms with Gasteiger partial charge < -0.3 is 14.2 Å². The van der Waals surface area contributed by atoms with Gasteiger partial charge in [0.05, 0.1) is 0 Å². The Labute approximate surface area is 361 Å². The molecule has 0 radical (unpaired) electrons. The number of rotatable bonds is 47. The van der Waals surface area contributed by atoms with Crippen LogP contribution in [0.5, 0.6) is 0 Å². The molecule has 0 spiro atoms. The van der Waals surface area contributed by atoms with Crippen LogP contribution in [0.25, 0.3) is 0 Å². The van der Waals surface area contributed by atoms with E-state index in [-0.39, 0.29) is 31.1 Å². The quantitative estimate of drug-likeness (QED) is 0.0346. The summed E-state index contributed by atoms with van der Waals surface area (Å²) in [5.74, 6) is -0.0105. The van der Waals surface area contributed by atoms with Gasteiger partial charge in [0.15, 0.2) is 6.10 Å². The molecule has 0 bridgehead atoms. The normalized spacial score (nSPS) is 11.9. The molecule has 1 atom stereocenters. The van der Waals surface area contributed by atoms with Crippen molar-refractivity contribution < 1.29 is 28.6 Å². The highest BCUT2D eigenvalue weighted by molar-refractivity contribution is 5.71. The van der Waals surface area contributed by atoms with E-state index < -0.39 is 6.10 Å². The van der Waals surface area contributed by atoms with Crippen molar-refractivity contribution in [1.82, 2.24) is 0 Å². The van der Waals surface area contributed by atoms with Gasteiger partial charge in [0.1, 0.15) is 13.2 Å². The van der Waals surface area contributed by atoms with E-state index in [1.807, 2.05) is 0 Å². The van der Waals surface area contributed by atoms with Crippen molar-refractivity contribution in [2.75, 3.05) is 13.2 Å². The number of unbranched alkanes of at least 4 members (excludes halogenated alkanes) is 34. The summed E-state index contributed by atoms with van der Waals surface area (Å²) in [4.78, 5) is 37.9. The molecule has 0 aromatic heterocycles. The van der Waals surface area contributed by atoms with Gasteiger partial charge in [-0.1, -0.05) is 252 Å². The van der Waals surface area contributed by atoms with E-state index in [4.69, 9.17) is 14.2 Å². The Bertz CT molecular complexity index is 872. The number of hydrogen-bond donors (Lipinski definition) is 0. The summed E-state index contributed by atoms with van der Waals surface area (Å²) < 4.78 is 16.8. The fourth-order valence-electron chi connectivity index (χ4n) is 7.86. The van der Waals surface area contributed by atoms with Crippen LogP contribution in [-0.4, -0.2) is 37.2 Å². The van der Waals surface area contributed by atoms with E-state index in [1.165, 1.54) is 186 Å². The van der Waals surface area contributed by atoms with E-state index >= 15 is 0 Å². The zero-order valence-electron chi connectivity index (χ0n) is 39.5. The predicted octanol–water partition coefficient (Wildman–Crippen LogP) is 16.7. The fraction of sp³-hybridized carbons (Fsp3) is 0.942. The summed E-state index contributed by atoms with van der Waals surface area (Å²) >= 11 is 0. The second kappa shape index (κ2) is 46.5. The first kappa shape index (κ1) is 56.4. The van der Waals surface area contributed by atoms with Crippen LogP contribution in [0.2, 0.25) is 0 Å². The van der Waals surface area contributed by atoms with Crippen molar-refractivity contribution in [3.05, 3.63) is 0 Å². The Morgan fingerprint density at radius 3 is 0.845 bits per heavy atom. The first-order chi connectivity index (χ1) is 28.4. The topological polar surface area (TPSA) is 78.9 Å². The molecule has 0 aliphatic heterocycles. The van der Waals surface area contributed by atoms with Crippen LogP contribution in [0.15, 0.2) is 0 Å². The number of hydrogen-bond acceptors (Lipinski definition) is 6. The average molecular weight is 821 g/mol. The zero-order chi connectivity index (χ0) is 42.4. The second-order valence-corrected chi connectivity index (χ2v) is 18.3. The van der Waals surface area contributed by atoms with E-state index in [1.54, 1.807) is 0 Å². The molecule has 0 N–H and O–H groups in total. The molecule has 0 heterocycles. The van der Waals surface area contributed by atoms with E-state index in [9.17, 15) is 14.4 Å². The summed E-state index contributed by atoms with van der Waals surface area (Å²) in [6, 6.07) is 0. The smallest absolute Gasteiger partial charge is 0.306 e. The molecule has 0 saturated heterocycles. The van der Waals surface area contributed by atoms with E-state index in [2.05, 4.69) is 27.7 Å². The maximum atomic E-state index is 12.8. The molecular weight excluding hydrogens is 721 g/mol. The number of carbonyl (C=O) groups is 3. The molecule has 6 nitrogen and oxygen atoms in total. The third-order valence-electron chi connectivity index (χ3n) is 11.8. The molecule has 0 unspecified atom stereocenters. The highest BCUT2D eigenvalue weighted by Crippen LogP contribution is 2.17. The number of esters is 3. The van der Waals surface area contributed by atoms with Gasteiger partial charge in [0.2, 0.25) is 0 Å². The van der Waals surface area contributed by atoms with Gasteiger partial charge in [-0.05, 0) is 25.2 Å². The minimum absolute atomic E-state index is 0.0627. The lowest BCUT2D eigenvalue weighted by Gasteiger charge is -2.18. The van der Waals surface area contributed by atoms with Crippen LogP contribution in [0.4, 0.5) is 0 Å². The SMILES string of the molecule is CCCCCCCCCCCCCCCCC(=O)O[C@H](COC(=O)CCCCCCCCCCCCC)COC(=O)CCCCCCCCCCCCCCC(C)C. The molecule has 0 aliphatic rings. The summed E-state index contributed by atoms with van der Waals surface area (Å²) in [7, 11) is 0. The van der Waals surface area contributed by atoms with Gasteiger partial charge in [0.25, 0.3) is 0 Å². The molecule has 0 aromatic rings. The number of carbonyl (C=O) groups excluding carboxylic acids is 3. The standard InChI is InChI=1S/C52H100O6/c1-5-7-9-11-13-15-17-18-19-25-29-33-37-41-45-52(55)58-49(46-56-50(53)43-39-35-31-27-22-16-14-12-10-8-6-2)47-57-51(54)44-40-36-32-28-24-21-20-23-26-30-34-38-42-48(3)4/h48-49H,5-47H2,1-4H3/t49-/m1/s1. The van der Waals surface area contributed by atoms with Crippen molar-refractivity contribution in [3.8, 4) is 0 Å². The van der Waals surface area contributed by atoms with Crippen molar-refractivity contribution in [2.24, 2.45) is 5.92 Å². The van der Waals surface area contributed by atoms with Crippen LogP contribution in [0, 0.1) is 5.92 Å². The highest BCUT2D eigenvalue weighted by atomic mass is 16.6. The van der Waals surface area contributed by atoms with Crippen molar-refractivity contribution >= 4 is 17.9 Å². The first-order valence-electron chi connectivity index (χ1n) is 25.9. The van der Waals surface area contributed by atoms with Crippen LogP contribution in [-0.2, 0) is 28.6 Å². The molecule has 58 heavy (non-hydrogen) atoms. The molecular formula is C52H100O6. The van der Waals surface area contributed by atoms with Crippen molar-refractivity contribution in [3.63, 3.8) is 0 Å². The van der Waals surface area contributed by atoms with Crippen molar-refractivity contribution in [1.29, 1.82) is 0 Å². The highest BCUT2D eigenvalue weighted by Gasteiger charge is 2.19. The van der Waals surface area contributed by atoms with Crippen molar-refractivity contribution in [2.45, 2.75) is 297 Å². The van der Waals surface area contributed by atoms with Gasteiger partial charge in [0, 0.05) is 19.3 Å². The van der Waals surface area contributed by atoms with E-state index in [0.29, 0.717) is 19.3 Å². The Kier molecular flexibility index (Phi) is 45.2. The van der Waals surface area contributed by atoms with E-state index in [0.717, 1.165) is 63.7 Å². The van der Waals surface area contributed by atoms with Gasteiger partial charge >= 0.3 is 17.9 Å². The summed E-state index contributed by atoms with van der Waals surface area (Å²) in [5.41, 5.74) is 0. The lowest BCUT2D eigenvalue weighted by Crippen LogP contribution is -2.30. The molecule has 0 aromatic carbocycles. The Hall–Kier alpha value is -1.59. The summed E-state index contributed by atoms with van der Waals surface area (Å²) in [5, 5.41) is 0. The lowest BCUT2D eigenvalue weighted by atomic mass is 10.0. The Balaban J connectivity index is 4.30. The minimum atomic E-state index is -0.760. The first-order valence-corrected chi connectivity index (χ1v) is 25.9. The Morgan fingerprint density at radius 1 is 0.328 bits per heavy atom. The van der Waals surface area contributed by atoms with Crippen LogP contribution in [0.1, 0.15) is 291 Å². The largest absolute Gasteiger partial charge is 0.462 e. The predicted molar refractivity (Wildman–Crippen MR) is 247 cm³/mol. The van der Waals surface area contributed by atoms with Crippen LogP contribution < -0.4 is 0 Å². The molecule has 0 saturated carbocycles. The maximum Gasteiger partial charge on any atom is 0.306 e. The van der Waals surface area contributed by atoms with Crippen LogP contribution >= 0.6 is 0 Å². The third kappa shape index (κ3) is 45.5. The molecule has 6 heteroatoms. The lowest BCUT2D eigenvalue weighted by molar-refractivity contribution is -0.167. The fourth-order valence-corrected chi connectivity index (χ4v) is 7.86. The van der Waals surface area contributed by atoms with Gasteiger partial charge in [-0.3, -0.25) is 14.4 Å². The zero-order valence-corrected chi connectivity index (χ0v) is 39.5. The molecule has 0 rings (SSSR count). The Morgan fingerprint density at radius 2 is 0.569 bits per heavy atom. The summed E-state index contributed by atoms with van der Waals surface area (Å²) in [6.07, 6.45) is 48.0. The third-order valence-corrected chi connectivity index (χ3v) is 11.8. The molecule has 0 amide bonds. The van der Waals surface area contributed by atoms with Crippen LogP contribution in [0.3, 0.4) is 0 Å². The number of ether oxygens (including phenoxy) is 3. The molecule has 344 valence electrons. The average Bonchev–Trinajstić information content (AvgIpc) is 3.21. The molecule has 0 aliphatic carbocycles. The maximum absolute atomic E-state index is 12.8. The molecule has 0 fully saturated rings. The monoisotopic (exact) mass is 821 g/mol. The van der Waals surface area contributed by atoms with Gasteiger partial charge in [-0.15, -0.1) is 0 Å². The van der Waals surface area contributed by atoms with Gasteiger partial charge in [-0.25, -0.2) is 0 Å².